The summed E-state index contributed by atoms with van der Waals surface area (Å²) < 4.78 is 1.65. The maximum Gasteiger partial charge on any atom is -1.00 e. The zero-order valence-corrected chi connectivity index (χ0v) is 24.4. The first-order valence-electron chi connectivity index (χ1n) is 11.1. The molecule has 4 heteroatoms. The van der Waals surface area contributed by atoms with E-state index in [1.807, 2.05) is 0 Å². The molecule has 0 nitrogen and oxygen atoms in total. The van der Waals surface area contributed by atoms with Gasteiger partial charge < -0.3 is 24.8 Å². The molecule has 0 fully saturated rings. The van der Waals surface area contributed by atoms with E-state index < -0.39 is 20.9 Å². The van der Waals surface area contributed by atoms with Crippen LogP contribution in [0.2, 0.25) is 6.55 Å². The van der Waals surface area contributed by atoms with Crippen LogP contribution in [0.3, 0.4) is 0 Å². The average molecular weight is 538 g/mol. The molecule has 0 aliphatic heterocycles. The maximum atomic E-state index is 2.61. The number of allylic oxidation sites excluding steroid dienone is 2. The summed E-state index contributed by atoms with van der Waals surface area (Å²) >= 11 is -1.66. The van der Waals surface area contributed by atoms with Crippen LogP contribution in [-0.4, -0.2) is 6.65 Å². The van der Waals surface area contributed by atoms with Crippen molar-refractivity contribution in [1.82, 2.24) is 0 Å². The number of rotatable bonds is 5. The minimum atomic E-state index is -1.66. The van der Waals surface area contributed by atoms with Gasteiger partial charge in [-0.2, -0.15) is 0 Å². The van der Waals surface area contributed by atoms with E-state index in [4.69, 9.17) is 0 Å². The van der Waals surface area contributed by atoms with Gasteiger partial charge in [0.2, 0.25) is 0 Å². The normalized spacial score (nSPS) is 18.3. The van der Waals surface area contributed by atoms with E-state index in [2.05, 4.69) is 94.9 Å². The smallest absolute Gasteiger partial charge is 1.00 e. The van der Waals surface area contributed by atoms with Crippen molar-refractivity contribution in [2.24, 2.45) is 0 Å². The van der Waals surface area contributed by atoms with E-state index in [0.29, 0.717) is 0 Å². The zero-order chi connectivity index (χ0) is 20.1. The Morgan fingerprint density at radius 2 is 1.07 bits per heavy atom. The van der Waals surface area contributed by atoms with Crippen molar-refractivity contribution in [2.45, 2.75) is 60.8 Å². The summed E-state index contributed by atoms with van der Waals surface area (Å²) in [7, 11) is 0. The molecule has 0 spiro atoms. The molecule has 0 amide bonds. The Bertz CT molecular complexity index is 805. The van der Waals surface area contributed by atoms with Gasteiger partial charge in [0.1, 0.15) is 0 Å². The molecule has 2 aliphatic carbocycles. The Hall–Kier alpha value is -0.400. The second-order valence-corrected chi connectivity index (χ2v) is 24.3. The predicted octanol–water partition coefficient (Wildman–Crippen LogP) is 1.26. The monoisotopic (exact) mass is 535 g/mol. The van der Waals surface area contributed by atoms with Crippen LogP contribution in [0.4, 0.5) is 0 Å². The van der Waals surface area contributed by atoms with Gasteiger partial charge in [-0.3, -0.25) is 0 Å². The Balaban J connectivity index is 0.000000851. The summed E-state index contributed by atoms with van der Waals surface area (Å²) in [5.41, 5.74) is 9.84. The molecule has 0 bridgehead atoms. The van der Waals surface area contributed by atoms with Crippen LogP contribution in [-0.2, 0) is 20.9 Å². The molecular weight excluding hydrogens is 503 g/mol. The minimum Gasteiger partial charge on any atom is -1.00 e. The van der Waals surface area contributed by atoms with Gasteiger partial charge in [0.25, 0.3) is 0 Å². The Morgan fingerprint density at radius 1 is 0.700 bits per heavy atom. The molecule has 2 unspecified atom stereocenters. The molecule has 0 heterocycles. The first-order chi connectivity index (χ1) is 13.7. The van der Waals surface area contributed by atoms with Gasteiger partial charge in [0.05, 0.1) is 0 Å². The summed E-state index contributed by atoms with van der Waals surface area (Å²) in [6.45, 7) is 11.6. The SMILES string of the molecule is CCC.CCC1=Cc2ccccc2[CH]1[Zr+2]([SiH2]C)[CH]1C(CC)=Cc2ccccc21.[Cl-].[Cl-]. The number of halogens is 2. The molecule has 0 N–H and O–H groups in total. The summed E-state index contributed by atoms with van der Waals surface area (Å²) in [5.74, 6) is 0. The molecule has 0 aromatic heterocycles. The minimum absolute atomic E-state index is 0. The van der Waals surface area contributed by atoms with Crippen molar-refractivity contribution in [1.29, 1.82) is 0 Å². The van der Waals surface area contributed by atoms with Gasteiger partial charge in [-0.25, -0.2) is 0 Å². The first kappa shape index (κ1) is 27.6. The fraction of sp³-hybridized carbons (Fsp3) is 0.385. The number of fused-ring (bicyclic) bond motifs is 2. The number of hydrogen-bond acceptors (Lipinski definition) is 0. The molecule has 0 radical (unpaired) electrons. The Kier molecular flexibility index (Phi) is 12.2. The van der Waals surface area contributed by atoms with Crippen molar-refractivity contribution in [3.05, 3.63) is 81.9 Å². The predicted molar refractivity (Wildman–Crippen MR) is 125 cm³/mol. The number of benzene rings is 2. The summed E-state index contributed by atoms with van der Waals surface area (Å²) in [4.78, 5) is 0. The molecule has 0 saturated carbocycles. The first-order valence-corrected chi connectivity index (χ1v) is 21.3. The third kappa shape index (κ3) is 5.50. The van der Waals surface area contributed by atoms with Crippen LogP contribution in [0.5, 0.6) is 0 Å². The van der Waals surface area contributed by atoms with Crippen LogP contribution < -0.4 is 24.8 Å². The Labute approximate surface area is 205 Å². The average Bonchev–Trinajstić information content (AvgIpc) is 3.28. The molecule has 0 saturated heterocycles. The van der Waals surface area contributed by atoms with Gasteiger partial charge in [0.15, 0.2) is 0 Å². The topological polar surface area (TPSA) is 0 Å². The zero-order valence-electron chi connectivity index (χ0n) is 19.0. The molecular formula is C26H35Cl2SiZr. The molecule has 4 rings (SSSR count). The third-order valence-electron chi connectivity index (χ3n) is 6.00. The second-order valence-electron chi connectivity index (χ2n) is 7.91. The van der Waals surface area contributed by atoms with Crippen LogP contribution in [0.15, 0.2) is 59.7 Å². The van der Waals surface area contributed by atoms with E-state index >= 15 is 0 Å². The fourth-order valence-corrected chi connectivity index (χ4v) is 25.2. The fourth-order valence-electron chi connectivity index (χ4n) is 4.84. The van der Waals surface area contributed by atoms with E-state index in [1.54, 1.807) is 22.3 Å². The van der Waals surface area contributed by atoms with E-state index in [-0.39, 0.29) is 31.5 Å². The summed E-state index contributed by atoms with van der Waals surface area (Å²) in [5, 5.41) is 0. The summed E-state index contributed by atoms with van der Waals surface area (Å²) in [6.07, 6.45) is 8.75. The van der Waals surface area contributed by atoms with Gasteiger partial charge in [-0.05, 0) is 0 Å². The molecule has 161 valence electrons. The van der Waals surface area contributed by atoms with Crippen molar-refractivity contribution in [3.8, 4) is 0 Å². The third-order valence-corrected chi connectivity index (χ3v) is 24.7. The molecule has 30 heavy (non-hydrogen) atoms. The van der Waals surface area contributed by atoms with Crippen LogP contribution in [0.25, 0.3) is 12.2 Å². The van der Waals surface area contributed by atoms with Crippen molar-refractivity contribution < 1.29 is 45.7 Å². The molecule has 2 aliphatic rings. The molecule has 2 aromatic carbocycles. The Morgan fingerprint density at radius 3 is 1.40 bits per heavy atom. The molecule has 2 aromatic rings. The van der Waals surface area contributed by atoms with Crippen molar-refractivity contribution >= 4 is 18.8 Å². The largest absolute Gasteiger partial charge is 1.00 e. The quantitative estimate of drug-likeness (QED) is 0.504. The van der Waals surface area contributed by atoms with Gasteiger partial charge in [0, 0.05) is 0 Å². The standard InChI is InChI=1S/2C11H11.C3H8.CH5Si.2ClH.Zr/c2*1-2-9-7-10-5-3-4-6-11(10)8-9;1-3-2;1-2;;;/h2*3-8H,2H2,1H3;3H2,1-2H3;2H2,1H3;2*1H;/q;;;;;;+2/p-2. The van der Waals surface area contributed by atoms with Crippen LogP contribution in [0, 0.1) is 0 Å². The number of hydrogen-bond donors (Lipinski definition) is 0. The van der Waals surface area contributed by atoms with Gasteiger partial charge >= 0.3 is 162 Å². The van der Waals surface area contributed by atoms with Crippen LogP contribution in [0.1, 0.15) is 76.5 Å². The van der Waals surface area contributed by atoms with E-state index in [1.165, 1.54) is 30.4 Å². The van der Waals surface area contributed by atoms with Gasteiger partial charge in [-0.15, -0.1) is 0 Å². The van der Waals surface area contributed by atoms with Crippen LogP contribution >= 0.6 is 0 Å². The maximum absolute atomic E-state index is 2.61. The van der Waals surface area contributed by atoms with Crippen molar-refractivity contribution in [2.75, 3.05) is 0 Å². The van der Waals surface area contributed by atoms with E-state index in [0.717, 1.165) is 7.25 Å². The second kappa shape index (κ2) is 13.2. The van der Waals surface area contributed by atoms with Gasteiger partial charge in [-0.1, -0.05) is 20.3 Å². The van der Waals surface area contributed by atoms with E-state index in [9.17, 15) is 0 Å². The van der Waals surface area contributed by atoms with Crippen molar-refractivity contribution in [3.63, 3.8) is 0 Å². The molecule has 2 atom stereocenters. The summed E-state index contributed by atoms with van der Waals surface area (Å²) in [6, 6.07) is 18.5.